The summed E-state index contributed by atoms with van der Waals surface area (Å²) < 4.78 is 16.1. The first-order chi connectivity index (χ1) is 20.0. The molecular formula is C34H36N2O5. The van der Waals surface area contributed by atoms with Crippen LogP contribution < -0.4 is 19.5 Å². The third kappa shape index (κ3) is 7.88. The average Bonchev–Trinajstić information content (AvgIpc) is 3.02. The predicted molar refractivity (Wildman–Crippen MR) is 159 cm³/mol. The molecule has 0 aliphatic heterocycles. The Hall–Kier alpha value is -4.78. The largest absolute Gasteiger partial charge is 0.497 e. The lowest BCUT2D eigenvalue weighted by Crippen LogP contribution is -2.44. The van der Waals surface area contributed by atoms with Gasteiger partial charge < -0.3 is 24.4 Å². The number of benzene rings is 4. The summed E-state index contributed by atoms with van der Waals surface area (Å²) in [5.74, 6) is 1.41. The quantitative estimate of drug-likeness (QED) is 0.241. The molecule has 2 amide bonds. The molecule has 0 aliphatic carbocycles. The van der Waals surface area contributed by atoms with Crippen LogP contribution in [0.3, 0.4) is 0 Å². The summed E-state index contributed by atoms with van der Waals surface area (Å²) in [5.41, 5.74) is 3.50. The van der Waals surface area contributed by atoms with Gasteiger partial charge in [0, 0.05) is 13.1 Å². The van der Waals surface area contributed by atoms with Gasteiger partial charge in [0.1, 0.15) is 11.8 Å². The third-order valence-corrected chi connectivity index (χ3v) is 6.87. The normalized spacial score (nSPS) is 11.3. The number of hydrogen-bond donors (Lipinski definition) is 1. The van der Waals surface area contributed by atoms with Crippen LogP contribution in [0.2, 0.25) is 0 Å². The fourth-order valence-corrected chi connectivity index (χ4v) is 4.70. The molecule has 0 fully saturated rings. The molecule has 4 aromatic rings. The van der Waals surface area contributed by atoms with E-state index in [9.17, 15) is 9.59 Å². The summed E-state index contributed by atoms with van der Waals surface area (Å²) in [5, 5.41) is 3.08. The van der Waals surface area contributed by atoms with Crippen LogP contribution in [0.25, 0.3) is 0 Å². The van der Waals surface area contributed by atoms with Gasteiger partial charge in [0.2, 0.25) is 11.8 Å². The number of carbonyl (C=O) groups is 2. The highest BCUT2D eigenvalue weighted by molar-refractivity contribution is 5.89. The molecule has 0 aromatic heterocycles. The molecule has 0 bridgehead atoms. The molecule has 0 heterocycles. The minimum absolute atomic E-state index is 0.0805. The lowest BCUT2D eigenvalue weighted by Gasteiger charge is -2.32. The minimum Gasteiger partial charge on any atom is -0.497 e. The Kier molecular flexibility index (Phi) is 10.4. The monoisotopic (exact) mass is 552 g/mol. The summed E-state index contributed by atoms with van der Waals surface area (Å²) >= 11 is 0. The maximum atomic E-state index is 14.1. The maximum Gasteiger partial charge on any atom is 0.247 e. The Morgan fingerprint density at radius 1 is 0.707 bits per heavy atom. The van der Waals surface area contributed by atoms with Crippen molar-refractivity contribution < 1.29 is 23.8 Å². The molecule has 1 N–H and O–H groups in total. The molecule has 4 aromatic carbocycles. The predicted octanol–water partition coefficient (Wildman–Crippen LogP) is 5.38. The fourth-order valence-electron chi connectivity index (χ4n) is 4.70. The van der Waals surface area contributed by atoms with E-state index in [0.29, 0.717) is 24.5 Å². The molecule has 1 atom stereocenters. The van der Waals surface area contributed by atoms with Gasteiger partial charge in [-0.15, -0.1) is 0 Å². The molecule has 4 rings (SSSR count). The van der Waals surface area contributed by atoms with E-state index in [1.165, 1.54) is 0 Å². The topological polar surface area (TPSA) is 77.1 Å². The molecule has 41 heavy (non-hydrogen) atoms. The van der Waals surface area contributed by atoms with Crippen LogP contribution in [0, 0.1) is 0 Å². The zero-order valence-electron chi connectivity index (χ0n) is 23.7. The Balaban J connectivity index is 1.65. The first-order valence-corrected chi connectivity index (χ1v) is 13.5. The number of rotatable bonds is 13. The van der Waals surface area contributed by atoms with Gasteiger partial charge in [0.05, 0.1) is 27.8 Å². The van der Waals surface area contributed by atoms with Crippen LogP contribution >= 0.6 is 0 Å². The molecular weight excluding hydrogens is 516 g/mol. The summed E-state index contributed by atoms with van der Waals surface area (Å²) in [7, 11) is 4.74. The van der Waals surface area contributed by atoms with Crippen molar-refractivity contribution in [1.29, 1.82) is 0 Å². The molecule has 7 nitrogen and oxygen atoms in total. The van der Waals surface area contributed by atoms with Gasteiger partial charge in [0.15, 0.2) is 11.5 Å². The van der Waals surface area contributed by atoms with Crippen molar-refractivity contribution in [3.8, 4) is 17.2 Å². The first-order valence-electron chi connectivity index (χ1n) is 13.5. The highest BCUT2D eigenvalue weighted by Gasteiger charge is 2.31. The Morgan fingerprint density at radius 3 is 1.98 bits per heavy atom. The van der Waals surface area contributed by atoms with Crippen molar-refractivity contribution in [1.82, 2.24) is 10.2 Å². The van der Waals surface area contributed by atoms with E-state index in [-0.39, 0.29) is 24.8 Å². The minimum atomic E-state index is -0.832. The number of amides is 2. The van der Waals surface area contributed by atoms with Gasteiger partial charge in [-0.1, -0.05) is 78.9 Å². The summed E-state index contributed by atoms with van der Waals surface area (Å²) in [6.45, 7) is 0.689. The summed E-state index contributed by atoms with van der Waals surface area (Å²) in [6.07, 6.45) is 0.767. The van der Waals surface area contributed by atoms with E-state index in [4.69, 9.17) is 14.2 Å². The number of nitrogens with one attached hydrogen (secondary N) is 1. The van der Waals surface area contributed by atoms with Gasteiger partial charge in [-0.3, -0.25) is 9.59 Å². The van der Waals surface area contributed by atoms with E-state index in [1.54, 1.807) is 38.4 Å². The highest BCUT2D eigenvalue weighted by Crippen LogP contribution is 2.30. The second-order valence-corrected chi connectivity index (χ2v) is 9.58. The van der Waals surface area contributed by atoms with Crippen molar-refractivity contribution in [2.75, 3.05) is 27.9 Å². The average molecular weight is 553 g/mol. The van der Waals surface area contributed by atoms with Crippen molar-refractivity contribution in [2.24, 2.45) is 0 Å². The van der Waals surface area contributed by atoms with Crippen LogP contribution in [0.5, 0.6) is 17.2 Å². The Morgan fingerprint density at radius 2 is 1.34 bits per heavy atom. The van der Waals surface area contributed by atoms with Gasteiger partial charge in [0.25, 0.3) is 0 Å². The molecule has 212 valence electrons. The van der Waals surface area contributed by atoms with E-state index in [0.717, 1.165) is 28.0 Å². The van der Waals surface area contributed by atoms with Crippen molar-refractivity contribution in [3.63, 3.8) is 0 Å². The molecule has 7 heteroatoms. The Bertz CT molecular complexity index is 1410. The zero-order chi connectivity index (χ0) is 29.0. The molecule has 0 aliphatic rings. The Labute approximate surface area is 241 Å². The van der Waals surface area contributed by atoms with Crippen molar-refractivity contribution in [2.45, 2.75) is 25.4 Å². The zero-order valence-corrected chi connectivity index (χ0v) is 23.7. The van der Waals surface area contributed by atoms with E-state index >= 15 is 0 Å². The molecule has 0 radical (unpaired) electrons. The molecule has 0 saturated carbocycles. The number of hydrogen-bond acceptors (Lipinski definition) is 5. The van der Waals surface area contributed by atoms with Gasteiger partial charge in [-0.2, -0.15) is 0 Å². The molecule has 0 spiro atoms. The highest BCUT2D eigenvalue weighted by atomic mass is 16.5. The van der Waals surface area contributed by atoms with Gasteiger partial charge in [-0.05, 0) is 52.9 Å². The number of carbonyl (C=O) groups excluding carboxylic acids is 2. The first kappa shape index (κ1) is 29.2. The fraction of sp³-hybridized carbons (Fsp3) is 0.235. The number of methoxy groups -OCH3 is 3. The number of ether oxygens (including phenoxy) is 3. The van der Waals surface area contributed by atoms with Crippen LogP contribution in [0.4, 0.5) is 0 Å². The second kappa shape index (κ2) is 14.6. The van der Waals surface area contributed by atoms with Crippen LogP contribution in [0.15, 0.2) is 103 Å². The standard InChI is InChI=1S/C34H36N2O5/c1-39-29-17-14-26(15-18-29)24-36(32(37)23-27-16-19-30(40-2)31(22-27)41-3)33(28-12-8-5-9-13-28)34(38)35-21-20-25-10-6-4-7-11-25/h4-19,22,33H,20-21,23-24H2,1-3H3,(H,35,38)/t33-/m1/s1. The summed E-state index contributed by atoms with van der Waals surface area (Å²) in [4.78, 5) is 29.5. The lowest BCUT2D eigenvalue weighted by molar-refractivity contribution is -0.141. The van der Waals surface area contributed by atoms with E-state index < -0.39 is 6.04 Å². The smallest absolute Gasteiger partial charge is 0.247 e. The van der Waals surface area contributed by atoms with Crippen LogP contribution in [-0.2, 0) is 29.0 Å². The SMILES string of the molecule is COc1ccc(CN(C(=O)Cc2ccc(OC)c(OC)c2)[C@@H](C(=O)NCCc2ccccc2)c2ccccc2)cc1. The van der Waals surface area contributed by atoms with Crippen molar-refractivity contribution in [3.05, 3.63) is 125 Å². The van der Waals surface area contributed by atoms with Gasteiger partial charge >= 0.3 is 0 Å². The van der Waals surface area contributed by atoms with E-state index in [1.807, 2.05) is 91.0 Å². The van der Waals surface area contributed by atoms with Crippen molar-refractivity contribution >= 4 is 11.8 Å². The third-order valence-electron chi connectivity index (χ3n) is 6.87. The lowest BCUT2D eigenvalue weighted by atomic mass is 10.0. The summed E-state index contributed by atoms with van der Waals surface area (Å²) in [6, 6.07) is 31.5. The second-order valence-electron chi connectivity index (χ2n) is 9.58. The van der Waals surface area contributed by atoms with Crippen LogP contribution in [-0.4, -0.2) is 44.6 Å². The van der Waals surface area contributed by atoms with Gasteiger partial charge in [-0.25, -0.2) is 0 Å². The maximum absolute atomic E-state index is 14.1. The van der Waals surface area contributed by atoms with E-state index in [2.05, 4.69) is 5.32 Å². The number of nitrogens with zero attached hydrogens (tertiary/aromatic N) is 1. The van der Waals surface area contributed by atoms with Crippen LogP contribution in [0.1, 0.15) is 28.3 Å². The molecule has 0 saturated heterocycles. The molecule has 0 unspecified atom stereocenters.